The van der Waals surface area contributed by atoms with Gasteiger partial charge in [0, 0.05) is 6.42 Å². The molecule has 0 spiro atoms. The van der Waals surface area contributed by atoms with Crippen LogP contribution in [0.25, 0.3) is 6.20 Å². The summed E-state index contributed by atoms with van der Waals surface area (Å²) >= 11 is 0. The summed E-state index contributed by atoms with van der Waals surface area (Å²) in [4.78, 5) is 10.00. The van der Waals surface area contributed by atoms with Gasteiger partial charge in [-0.3, -0.25) is 4.55 Å². The Morgan fingerprint density at radius 3 is 2.32 bits per heavy atom. The predicted octanol–water partition coefficient (Wildman–Crippen LogP) is -0.0688. The van der Waals surface area contributed by atoms with E-state index in [1.54, 1.807) is 23.3 Å². The summed E-state index contributed by atoms with van der Waals surface area (Å²) in [5, 5.41) is 8.23. The van der Waals surface area contributed by atoms with E-state index in [-0.39, 0.29) is 12.3 Å². The largest absolute Gasteiger partial charge is 0.477 e. The molecule has 8 nitrogen and oxygen atoms in total. The second-order valence-corrected chi connectivity index (χ2v) is 7.34. The van der Waals surface area contributed by atoms with Crippen LogP contribution in [0.15, 0.2) is 25.3 Å². The SMILES string of the molecule is C=Cn1cc[n+](CCCS(=O)(=O)O)c1.C[N+](C)(C)CC(=O)O. The number of aliphatic carboxylic acids is 1. The van der Waals surface area contributed by atoms with Crippen LogP contribution in [-0.4, -0.2) is 66.5 Å². The number of quaternary nitrogens is 1. The van der Waals surface area contributed by atoms with Crippen LogP contribution in [0, 0.1) is 0 Å². The van der Waals surface area contributed by atoms with Crippen molar-refractivity contribution in [1.29, 1.82) is 0 Å². The highest BCUT2D eigenvalue weighted by Gasteiger charge is 2.11. The Balaban J connectivity index is 0.000000472. The lowest BCUT2D eigenvalue weighted by molar-refractivity contribution is -0.862. The smallest absolute Gasteiger partial charge is 0.359 e. The molecule has 0 aromatic carbocycles. The number of hydrogen-bond acceptors (Lipinski definition) is 3. The maximum Gasteiger partial charge on any atom is 0.359 e. The minimum Gasteiger partial charge on any atom is -0.477 e. The Hall–Kier alpha value is -1.71. The van der Waals surface area contributed by atoms with Crippen LogP contribution in [0.2, 0.25) is 0 Å². The van der Waals surface area contributed by atoms with E-state index < -0.39 is 16.1 Å². The van der Waals surface area contributed by atoms with Crippen LogP contribution in [-0.2, 0) is 21.5 Å². The first-order valence-electron chi connectivity index (χ1n) is 6.59. The number of rotatable bonds is 7. The van der Waals surface area contributed by atoms with Gasteiger partial charge in [-0.2, -0.15) is 8.42 Å². The highest BCUT2D eigenvalue weighted by molar-refractivity contribution is 7.85. The predicted molar refractivity (Wildman–Crippen MR) is 82.6 cm³/mol. The minimum atomic E-state index is -3.83. The standard InChI is InChI=1S/C8H12N2O3S.C5H11NO2/c1-2-9-5-6-10(8-9)4-3-7-14(11,12)13;1-6(2,3)4-5(7)8/h2,5-6,8H,1,3-4,7H2;4H2,1-3H3/p+2. The third-order valence-electron chi connectivity index (χ3n) is 2.35. The van der Waals surface area contributed by atoms with Crippen LogP contribution in [0.5, 0.6) is 0 Å². The zero-order valence-corrected chi connectivity index (χ0v) is 14.0. The average molecular weight is 335 g/mol. The normalized spacial score (nSPS) is 11.5. The van der Waals surface area contributed by atoms with Crippen molar-refractivity contribution in [3.8, 4) is 0 Å². The average Bonchev–Trinajstić information content (AvgIpc) is 2.72. The summed E-state index contributed by atoms with van der Waals surface area (Å²) < 4.78 is 33.4. The molecule has 126 valence electrons. The molecule has 0 radical (unpaired) electrons. The Morgan fingerprint density at radius 1 is 1.41 bits per heavy atom. The van der Waals surface area contributed by atoms with Gasteiger partial charge in [-0.25, -0.2) is 13.9 Å². The zero-order valence-electron chi connectivity index (χ0n) is 13.2. The van der Waals surface area contributed by atoms with E-state index in [1.807, 2.05) is 31.9 Å². The summed E-state index contributed by atoms with van der Waals surface area (Å²) in [6.45, 7) is 4.31. The fraction of sp³-hybridized carbons (Fsp3) is 0.538. The van der Waals surface area contributed by atoms with E-state index in [0.29, 0.717) is 17.4 Å². The Morgan fingerprint density at radius 2 is 2.00 bits per heavy atom. The molecule has 1 aromatic rings. The van der Waals surface area contributed by atoms with E-state index in [1.165, 1.54) is 0 Å². The number of carboxylic acid groups (broad SMARTS) is 1. The number of carbonyl (C=O) groups is 1. The summed E-state index contributed by atoms with van der Waals surface area (Å²) in [6, 6.07) is 0. The third kappa shape index (κ3) is 12.1. The summed E-state index contributed by atoms with van der Waals surface area (Å²) in [5.41, 5.74) is 0. The first-order valence-corrected chi connectivity index (χ1v) is 8.20. The van der Waals surface area contributed by atoms with Crippen LogP contribution in [0.3, 0.4) is 0 Å². The van der Waals surface area contributed by atoms with Gasteiger partial charge in [0.1, 0.15) is 12.4 Å². The molecule has 0 atom stereocenters. The second-order valence-electron chi connectivity index (χ2n) is 5.76. The van der Waals surface area contributed by atoms with Crippen LogP contribution in [0.1, 0.15) is 6.42 Å². The van der Waals surface area contributed by atoms with Crippen molar-refractivity contribution in [3.05, 3.63) is 25.3 Å². The highest BCUT2D eigenvalue weighted by atomic mass is 32.2. The first-order chi connectivity index (χ1) is 9.93. The van der Waals surface area contributed by atoms with Gasteiger partial charge in [0.2, 0.25) is 6.33 Å². The van der Waals surface area contributed by atoms with Crippen molar-refractivity contribution < 1.29 is 31.9 Å². The number of aryl methyl sites for hydroxylation is 1. The van der Waals surface area contributed by atoms with Gasteiger partial charge in [-0.05, 0) is 0 Å². The van der Waals surface area contributed by atoms with Gasteiger partial charge in [0.25, 0.3) is 10.1 Å². The van der Waals surface area contributed by atoms with Crippen LogP contribution < -0.4 is 4.57 Å². The van der Waals surface area contributed by atoms with Crippen molar-refractivity contribution >= 4 is 22.3 Å². The lowest BCUT2D eigenvalue weighted by atomic mass is 10.5. The molecule has 0 fully saturated rings. The van der Waals surface area contributed by atoms with Gasteiger partial charge < -0.3 is 9.59 Å². The number of aromatic nitrogens is 2. The molecule has 1 heterocycles. The maximum absolute atomic E-state index is 10.4. The molecular formula is C13H25N3O5S+2. The first kappa shape index (κ1) is 20.3. The fourth-order valence-electron chi connectivity index (χ4n) is 1.49. The highest BCUT2D eigenvalue weighted by Crippen LogP contribution is 1.90. The van der Waals surface area contributed by atoms with Crippen LogP contribution >= 0.6 is 0 Å². The van der Waals surface area contributed by atoms with Crippen LogP contribution in [0.4, 0.5) is 0 Å². The number of hydrogen-bond donors (Lipinski definition) is 2. The summed E-state index contributed by atoms with van der Waals surface area (Å²) in [5.74, 6) is -0.961. The number of nitrogens with zero attached hydrogens (tertiary/aromatic N) is 3. The lowest BCUT2D eigenvalue weighted by Crippen LogP contribution is -2.39. The molecule has 22 heavy (non-hydrogen) atoms. The van der Waals surface area contributed by atoms with Gasteiger partial charge in [-0.15, -0.1) is 0 Å². The molecule has 0 amide bonds. The lowest BCUT2D eigenvalue weighted by Gasteiger charge is -2.20. The molecular weight excluding hydrogens is 310 g/mol. The van der Waals surface area contributed by atoms with Crippen molar-refractivity contribution in [2.24, 2.45) is 0 Å². The number of likely N-dealkylation sites (N-methyl/N-ethyl adjacent to an activating group) is 1. The van der Waals surface area contributed by atoms with E-state index in [9.17, 15) is 13.2 Å². The molecule has 0 aliphatic carbocycles. The van der Waals surface area contributed by atoms with Crippen molar-refractivity contribution in [2.75, 3.05) is 33.4 Å². The monoisotopic (exact) mass is 335 g/mol. The van der Waals surface area contributed by atoms with Crippen molar-refractivity contribution in [2.45, 2.75) is 13.0 Å². The Bertz CT molecular complexity index is 587. The number of imidazole rings is 1. The Labute approximate surface area is 131 Å². The van der Waals surface area contributed by atoms with E-state index in [4.69, 9.17) is 9.66 Å². The minimum absolute atomic E-state index is 0.181. The second kappa shape index (κ2) is 8.66. The molecule has 0 saturated carbocycles. The molecule has 2 N–H and O–H groups in total. The van der Waals surface area contributed by atoms with Crippen molar-refractivity contribution in [1.82, 2.24) is 4.57 Å². The topological polar surface area (TPSA) is 100 Å². The molecule has 0 unspecified atom stereocenters. The quantitative estimate of drug-likeness (QED) is 0.413. The van der Waals surface area contributed by atoms with E-state index >= 15 is 0 Å². The molecule has 1 aromatic heterocycles. The molecule has 0 aliphatic rings. The molecule has 9 heteroatoms. The van der Waals surface area contributed by atoms with Gasteiger partial charge >= 0.3 is 5.97 Å². The van der Waals surface area contributed by atoms with E-state index in [2.05, 4.69) is 6.58 Å². The summed E-state index contributed by atoms with van der Waals surface area (Å²) in [6.07, 6.45) is 7.44. The number of carboxylic acids is 1. The van der Waals surface area contributed by atoms with Gasteiger partial charge in [0.15, 0.2) is 6.54 Å². The Kier molecular flexibility index (Phi) is 7.99. The van der Waals surface area contributed by atoms with E-state index in [0.717, 1.165) is 0 Å². The summed E-state index contributed by atoms with van der Waals surface area (Å²) in [7, 11) is 1.69. The van der Waals surface area contributed by atoms with Crippen molar-refractivity contribution in [3.63, 3.8) is 0 Å². The molecule has 1 rings (SSSR count). The van der Waals surface area contributed by atoms with Gasteiger partial charge in [0.05, 0.1) is 39.6 Å². The third-order valence-corrected chi connectivity index (χ3v) is 3.16. The molecule has 0 saturated heterocycles. The zero-order chi connectivity index (χ0) is 17.4. The van der Waals surface area contributed by atoms with Gasteiger partial charge in [-0.1, -0.05) is 6.58 Å². The molecule has 0 aliphatic heterocycles. The molecule has 0 bridgehead atoms. The fourth-order valence-corrected chi connectivity index (χ4v) is 1.98. The maximum atomic E-state index is 10.4.